The number of nitrogens with one attached hydrogen (secondary N) is 2. The molecule has 0 aliphatic carbocycles. The molecule has 0 radical (unpaired) electrons. The summed E-state index contributed by atoms with van der Waals surface area (Å²) in [5.74, 6) is -1.07. The monoisotopic (exact) mass is 242 g/mol. The summed E-state index contributed by atoms with van der Waals surface area (Å²) >= 11 is 5.62. The fourth-order valence-electron chi connectivity index (χ4n) is 1.04. The van der Waals surface area contributed by atoms with E-state index in [0.717, 1.165) is 0 Å². The number of benzene rings is 1. The van der Waals surface area contributed by atoms with Gasteiger partial charge in [-0.15, -0.1) is 0 Å². The first-order valence-corrected chi connectivity index (χ1v) is 4.89. The molecule has 0 heterocycles. The van der Waals surface area contributed by atoms with Gasteiger partial charge in [-0.2, -0.15) is 0 Å². The lowest BCUT2D eigenvalue weighted by molar-refractivity contribution is -0.119. The molecule has 3 N–H and O–H groups in total. The van der Waals surface area contributed by atoms with Crippen molar-refractivity contribution in [2.75, 3.05) is 13.6 Å². The highest BCUT2D eigenvalue weighted by molar-refractivity contribution is 6.30. The lowest BCUT2D eigenvalue weighted by Gasteiger charge is -2.06. The van der Waals surface area contributed by atoms with Gasteiger partial charge in [-0.25, -0.2) is 0 Å². The van der Waals surface area contributed by atoms with Gasteiger partial charge in [0, 0.05) is 12.1 Å². The molecule has 0 saturated heterocycles. The molecule has 0 unspecified atom stereocenters. The Morgan fingerprint density at radius 2 is 2.12 bits per heavy atom. The highest BCUT2D eigenvalue weighted by Crippen LogP contribution is 2.21. The maximum atomic E-state index is 11.5. The third-order valence-electron chi connectivity index (χ3n) is 1.89. The first kappa shape index (κ1) is 12.3. The molecule has 1 rings (SSSR count). The summed E-state index contributed by atoms with van der Waals surface area (Å²) < 4.78 is 0. The number of aromatic hydroxyl groups is 1. The summed E-state index contributed by atoms with van der Waals surface area (Å²) in [7, 11) is 1.47. The summed E-state index contributed by atoms with van der Waals surface area (Å²) in [6, 6.07) is 4.13. The van der Waals surface area contributed by atoms with E-state index < -0.39 is 5.91 Å². The molecule has 5 nitrogen and oxygen atoms in total. The maximum Gasteiger partial charge on any atom is 0.255 e. The molecular weight excluding hydrogens is 232 g/mol. The second-order valence-electron chi connectivity index (χ2n) is 3.02. The van der Waals surface area contributed by atoms with Gasteiger partial charge in [0.25, 0.3) is 5.91 Å². The topological polar surface area (TPSA) is 78.4 Å². The van der Waals surface area contributed by atoms with Crippen molar-refractivity contribution in [2.24, 2.45) is 0 Å². The van der Waals surface area contributed by atoms with Crippen molar-refractivity contribution in [3.63, 3.8) is 0 Å². The molecule has 0 fully saturated rings. The maximum absolute atomic E-state index is 11.5. The van der Waals surface area contributed by atoms with Crippen molar-refractivity contribution in [1.82, 2.24) is 10.6 Å². The van der Waals surface area contributed by atoms with Gasteiger partial charge in [0.1, 0.15) is 5.75 Å². The summed E-state index contributed by atoms with van der Waals surface area (Å²) in [4.78, 5) is 22.4. The first-order valence-electron chi connectivity index (χ1n) is 4.52. The zero-order valence-corrected chi connectivity index (χ0v) is 9.34. The average molecular weight is 243 g/mol. The van der Waals surface area contributed by atoms with E-state index in [2.05, 4.69) is 10.6 Å². The molecule has 0 aliphatic rings. The number of hydrogen-bond acceptors (Lipinski definition) is 3. The van der Waals surface area contributed by atoms with E-state index in [1.165, 1.54) is 25.2 Å². The minimum absolute atomic E-state index is 0.0771. The number of carbonyl (C=O) groups excluding carboxylic acids is 2. The van der Waals surface area contributed by atoms with E-state index in [-0.39, 0.29) is 23.8 Å². The summed E-state index contributed by atoms with van der Waals surface area (Å²) in [6.07, 6.45) is 0. The van der Waals surface area contributed by atoms with E-state index >= 15 is 0 Å². The van der Waals surface area contributed by atoms with E-state index in [4.69, 9.17) is 11.6 Å². The fourth-order valence-corrected chi connectivity index (χ4v) is 1.21. The van der Waals surface area contributed by atoms with Crippen LogP contribution >= 0.6 is 11.6 Å². The summed E-state index contributed by atoms with van der Waals surface area (Å²) in [5, 5.41) is 14.5. The van der Waals surface area contributed by atoms with Crippen LogP contribution in [0, 0.1) is 0 Å². The van der Waals surface area contributed by atoms with Crippen LogP contribution in [0.1, 0.15) is 10.4 Å². The van der Waals surface area contributed by atoms with Crippen LogP contribution in [0.4, 0.5) is 0 Å². The number of hydrogen-bond donors (Lipinski definition) is 3. The predicted molar refractivity (Wildman–Crippen MR) is 59.5 cm³/mol. The normalized spacial score (nSPS) is 9.62. The number of likely N-dealkylation sites (N-methyl/N-ethyl adjacent to an activating group) is 1. The molecule has 0 spiro atoms. The summed E-state index contributed by atoms with van der Waals surface area (Å²) in [5.41, 5.74) is 0.0771. The number of carbonyl (C=O) groups is 2. The van der Waals surface area contributed by atoms with Crippen LogP contribution in [0.3, 0.4) is 0 Å². The molecule has 16 heavy (non-hydrogen) atoms. The van der Waals surface area contributed by atoms with Gasteiger partial charge < -0.3 is 15.7 Å². The summed E-state index contributed by atoms with van der Waals surface area (Å²) in [6.45, 7) is -0.141. The van der Waals surface area contributed by atoms with E-state index in [1.54, 1.807) is 0 Å². The minimum atomic E-state index is -0.530. The number of halogens is 1. The molecule has 0 aromatic heterocycles. The molecule has 86 valence electrons. The van der Waals surface area contributed by atoms with E-state index in [0.29, 0.717) is 5.02 Å². The van der Waals surface area contributed by atoms with Crippen molar-refractivity contribution in [3.05, 3.63) is 28.8 Å². The van der Waals surface area contributed by atoms with Crippen molar-refractivity contribution >= 4 is 23.4 Å². The Morgan fingerprint density at radius 1 is 1.44 bits per heavy atom. The minimum Gasteiger partial charge on any atom is -0.507 e. The smallest absolute Gasteiger partial charge is 0.255 e. The number of phenolic OH excluding ortho intramolecular Hbond substituents is 1. The highest BCUT2D eigenvalue weighted by Gasteiger charge is 2.11. The van der Waals surface area contributed by atoms with Crippen LogP contribution < -0.4 is 10.6 Å². The van der Waals surface area contributed by atoms with Gasteiger partial charge in [-0.3, -0.25) is 9.59 Å². The van der Waals surface area contributed by atoms with Crippen molar-refractivity contribution in [1.29, 1.82) is 0 Å². The van der Waals surface area contributed by atoms with Gasteiger partial charge in [0.15, 0.2) is 0 Å². The Bertz CT molecular complexity index is 421. The second kappa shape index (κ2) is 5.37. The standard InChI is InChI=1S/C10H11ClN2O3/c1-12-9(15)5-13-10(16)7-3-2-6(11)4-8(7)14/h2-4,14H,5H2,1H3,(H,12,15)(H,13,16). The van der Waals surface area contributed by atoms with E-state index in [9.17, 15) is 14.7 Å². The molecule has 6 heteroatoms. The molecule has 2 amide bonds. The first-order chi connectivity index (χ1) is 7.54. The number of phenols is 1. The van der Waals surface area contributed by atoms with Crippen LogP contribution in [0.2, 0.25) is 5.02 Å². The highest BCUT2D eigenvalue weighted by atomic mass is 35.5. The molecule has 1 aromatic carbocycles. The molecule has 1 aromatic rings. The zero-order chi connectivity index (χ0) is 12.1. The van der Waals surface area contributed by atoms with Crippen LogP contribution in [-0.2, 0) is 4.79 Å². The molecular formula is C10H11ClN2O3. The Labute approximate surface area is 97.4 Å². The van der Waals surface area contributed by atoms with Gasteiger partial charge in [0.2, 0.25) is 5.91 Å². The largest absolute Gasteiger partial charge is 0.507 e. The Hall–Kier alpha value is -1.75. The van der Waals surface area contributed by atoms with Gasteiger partial charge in [-0.05, 0) is 18.2 Å². The molecule has 0 aliphatic heterocycles. The fraction of sp³-hybridized carbons (Fsp3) is 0.200. The lowest BCUT2D eigenvalue weighted by Crippen LogP contribution is -2.35. The number of rotatable bonds is 3. The average Bonchev–Trinajstić information content (AvgIpc) is 2.25. The molecule has 0 atom stereocenters. The predicted octanol–water partition coefficient (Wildman–Crippen LogP) is 0.521. The van der Waals surface area contributed by atoms with Crippen molar-refractivity contribution in [2.45, 2.75) is 0 Å². The third-order valence-corrected chi connectivity index (χ3v) is 2.13. The van der Waals surface area contributed by atoms with Crippen LogP contribution in [0.25, 0.3) is 0 Å². The lowest BCUT2D eigenvalue weighted by atomic mass is 10.2. The Balaban J connectivity index is 2.70. The molecule has 0 saturated carbocycles. The van der Waals surface area contributed by atoms with Crippen LogP contribution in [-0.4, -0.2) is 30.5 Å². The zero-order valence-electron chi connectivity index (χ0n) is 8.58. The third kappa shape index (κ3) is 3.13. The van der Waals surface area contributed by atoms with Crippen LogP contribution in [0.15, 0.2) is 18.2 Å². The van der Waals surface area contributed by atoms with Gasteiger partial charge >= 0.3 is 0 Å². The van der Waals surface area contributed by atoms with Crippen LogP contribution in [0.5, 0.6) is 5.75 Å². The van der Waals surface area contributed by atoms with E-state index in [1.807, 2.05) is 0 Å². The van der Waals surface area contributed by atoms with Crippen molar-refractivity contribution < 1.29 is 14.7 Å². The quantitative estimate of drug-likeness (QED) is 0.723. The number of amides is 2. The second-order valence-corrected chi connectivity index (χ2v) is 3.45. The van der Waals surface area contributed by atoms with Gasteiger partial charge in [0.05, 0.1) is 12.1 Å². The Morgan fingerprint density at radius 3 is 2.69 bits per heavy atom. The van der Waals surface area contributed by atoms with Crippen molar-refractivity contribution in [3.8, 4) is 5.75 Å². The molecule has 0 bridgehead atoms. The SMILES string of the molecule is CNC(=O)CNC(=O)c1ccc(Cl)cc1O. The van der Waals surface area contributed by atoms with Gasteiger partial charge in [-0.1, -0.05) is 11.6 Å². The Kier molecular flexibility index (Phi) is 4.13.